The number of rotatable bonds is 3. The summed E-state index contributed by atoms with van der Waals surface area (Å²) in [5.41, 5.74) is 1.04. The summed E-state index contributed by atoms with van der Waals surface area (Å²) >= 11 is 0. The monoisotopic (exact) mass is 176 g/mol. The molecular formula is C11H12O2. The molecule has 0 aliphatic carbocycles. The Morgan fingerprint density at radius 1 is 1.46 bits per heavy atom. The van der Waals surface area contributed by atoms with Crippen molar-refractivity contribution >= 4 is 5.97 Å². The topological polar surface area (TPSA) is 26.3 Å². The fourth-order valence-electron chi connectivity index (χ4n) is 1.10. The Morgan fingerprint density at radius 3 is 2.62 bits per heavy atom. The minimum Gasteiger partial charge on any atom is -0.469 e. The highest BCUT2D eigenvalue weighted by molar-refractivity contribution is 5.73. The molecule has 1 rings (SSSR count). The van der Waals surface area contributed by atoms with E-state index in [1.165, 1.54) is 7.11 Å². The van der Waals surface area contributed by atoms with Gasteiger partial charge in [-0.25, -0.2) is 0 Å². The molecule has 0 N–H and O–H groups in total. The van der Waals surface area contributed by atoms with Crippen molar-refractivity contribution in [1.29, 1.82) is 0 Å². The second-order valence-corrected chi connectivity index (χ2v) is 2.82. The van der Waals surface area contributed by atoms with Crippen molar-refractivity contribution in [3.63, 3.8) is 0 Å². The SMILES string of the molecule is [CH]C(Cc1ccccc1)C(=O)OC. The number of ether oxygens (including phenoxy) is 1. The van der Waals surface area contributed by atoms with Gasteiger partial charge in [0.25, 0.3) is 0 Å². The number of hydrogen-bond acceptors (Lipinski definition) is 2. The zero-order valence-corrected chi connectivity index (χ0v) is 7.57. The van der Waals surface area contributed by atoms with Crippen LogP contribution in [0.2, 0.25) is 0 Å². The van der Waals surface area contributed by atoms with Gasteiger partial charge in [0.05, 0.1) is 13.0 Å². The minimum absolute atomic E-state index is 0.371. The summed E-state index contributed by atoms with van der Waals surface area (Å²) in [4.78, 5) is 11.0. The number of hydrogen-bond donors (Lipinski definition) is 0. The molecule has 2 nitrogen and oxygen atoms in total. The lowest BCUT2D eigenvalue weighted by Gasteiger charge is -2.07. The lowest BCUT2D eigenvalue weighted by Crippen LogP contribution is -2.15. The lowest BCUT2D eigenvalue weighted by molar-refractivity contribution is -0.143. The molecule has 1 aromatic carbocycles. The molecular weight excluding hydrogens is 164 g/mol. The molecule has 0 amide bonds. The fourth-order valence-corrected chi connectivity index (χ4v) is 1.10. The minimum atomic E-state index is -0.563. The quantitative estimate of drug-likeness (QED) is 0.655. The first kappa shape index (κ1) is 9.78. The lowest BCUT2D eigenvalue weighted by atomic mass is 10.0. The van der Waals surface area contributed by atoms with E-state index in [1.807, 2.05) is 30.3 Å². The molecule has 0 saturated heterocycles. The van der Waals surface area contributed by atoms with Gasteiger partial charge in [0.2, 0.25) is 0 Å². The van der Waals surface area contributed by atoms with Crippen LogP contribution in [0.4, 0.5) is 0 Å². The van der Waals surface area contributed by atoms with E-state index < -0.39 is 5.92 Å². The van der Waals surface area contributed by atoms with Crippen molar-refractivity contribution < 1.29 is 9.53 Å². The summed E-state index contributed by atoms with van der Waals surface area (Å²) in [6, 6.07) is 9.62. The molecule has 0 spiro atoms. The van der Waals surface area contributed by atoms with Crippen molar-refractivity contribution in [2.75, 3.05) is 7.11 Å². The summed E-state index contributed by atoms with van der Waals surface area (Å²) in [7, 11) is 1.34. The third-order valence-corrected chi connectivity index (χ3v) is 1.80. The number of carbonyl (C=O) groups is 1. The van der Waals surface area contributed by atoms with E-state index in [1.54, 1.807) is 0 Å². The molecule has 0 aliphatic rings. The van der Waals surface area contributed by atoms with Crippen LogP contribution in [0.1, 0.15) is 5.56 Å². The molecule has 1 atom stereocenters. The van der Waals surface area contributed by atoms with Crippen LogP contribution in [0.3, 0.4) is 0 Å². The molecule has 0 fully saturated rings. The van der Waals surface area contributed by atoms with Crippen LogP contribution in [0.25, 0.3) is 0 Å². The predicted molar refractivity (Wildman–Crippen MR) is 50.0 cm³/mol. The van der Waals surface area contributed by atoms with Crippen molar-refractivity contribution in [3.05, 3.63) is 42.8 Å². The number of esters is 1. The van der Waals surface area contributed by atoms with E-state index >= 15 is 0 Å². The zero-order chi connectivity index (χ0) is 9.68. The van der Waals surface area contributed by atoms with Crippen molar-refractivity contribution in [2.45, 2.75) is 6.42 Å². The van der Waals surface area contributed by atoms with Gasteiger partial charge in [0.15, 0.2) is 0 Å². The molecule has 0 heterocycles. The highest BCUT2D eigenvalue weighted by Crippen LogP contribution is 2.08. The van der Waals surface area contributed by atoms with Gasteiger partial charge in [-0.05, 0) is 18.9 Å². The Morgan fingerprint density at radius 2 is 2.08 bits per heavy atom. The molecule has 2 heteroatoms. The summed E-state index contributed by atoms with van der Waals surface area (Å²) in [5.74, 6) is -0.934. The Balaban J connectivity index is 2.55. The Kier molecular flexibility index (Phi) is 3.50. The van der Waals surface area contributed by atoms with E-state index in [0.29, 0.717) is 6.42 Å². The maximum Gasteiger partial charge on any atom is 0.309 e. The van der Waals surface area contributed by atoms with Gasteiger partial charge in [-0.2, -0.15) is 0 Å². The summed E-state index contributed by atoms with van der Waals surface area (Å²) in [6.45, 7) is 5.59. The second-order valence-electron chi connectivity index (χ2n) is 2.82. The molecule has 1 unspecified atom stereocenters. The second kappa shape index (κ2) is 4.65. The average molecular weight is 176 g/mol. The number of methoxy groups -OCH3 is 1. The van der Waals surface area contributed by atoms with Gasteiger partial charge in [-0.1, -0.05) is 30.3 Å². The molecule has 0 aliphatic heterocycles. The summed E-state index contributed by atoms with van der Waals surface area (Å²) < 4.78 is 4.52. The van der Waals surface area contributed by atoms with Crippen molar-refractivity contribution in [3.8, 4) is 0 Å². The Hall–Kier alpha value is -1.31. The third kappa shape index (κ3) is 2.90. The van der Waals surface area contributed by atoms with E-state index in [4.69, 9.17) is 6.92 Å². The van der Waals surface area contributed by atoms with Crippen LogP contribution in [-0.4, -0.2) is 13.1 Å². The van der Waals surface area contributed by atoms with Crippen LogP contribution in [0.5, 0.6) is 0 Å². The molecule has 0 bridgehead atoms. The van der Waals surface area contributed by atoms with Crippen LogP contribution < -0.4 is 0 Å². The smallest absolute Gasteiger partial charge is 0.309 e. The molecule has 2 radical (unpaired) electrons. The van der Waals surface area contributed by atoms with Crippen LogP contribution >= 0.6 is 0 Å². The molecule has 1 aromatic rings. The van der Waals surface area contributed by atoms with Crippen molar-refractivity contribution in [1.82, 2.24) is 0 Å². The fraction of sp³-hybridized carbons (Fsp3) is 0.273. The van der Waals surface area contributed by atoms with Gasteiger partial charge in [0.1, 0.15) is 0 Å². The third-order valence-electron chi connectivity index (χ3n) is 1.80. The van der Waals surface area contributed by atoms with Crippen LogP contribution in [-0.2, 0) is 16.0 Å². The maximum atomic E-state index is 11.0. The first-order chi connectivity index (χ1) is 6.24. The first-order valence-electron chi connectivity index (χ1n) is 4.11. The van der Waals surface area contributed by atoms with Gasteiger partial charge in [0, 0.05) is 0 Å². The Bertz CT molecular complexity index is 267. The maximum absolute atomic E-state index is 11.0. The molecule has 13 heavy (non-hydrogen) atoms. The molecule has 68 valence electrons. The van der Waals surface area contributed by atoms with Crippen LogP contribution in [0.15, 0.2) is 30.3 Å². The van der Waals surface area contributed by atoms with Gasteiger partial charge >= 0.3 is 5.97 Å². The number of benzene rings is 1. The summed E-state index contributed by atoms with van der Waals surface area (Å²) in [6.07, 6.45) is 0.521. The highest BCUT2D eigenvalue weighted by atomic mass is 16.5. The first-order valence-corrected chi connectivity index (χ1v) is 4.11. The highest BCUT2D eigenvalue weighted by Gasteiger charge is 2.13. The van der Waals surface area contributed by atoms with Crippen molar-refractivity contribution in [2.24, 2.45) is 5.92 Å². The Labute approximate surface area is 78.5 Å². The zero-order valence-electron chi connectivity index (χ0n) is 7.57. The van der Waals surface area contributed by atoms with E-state index in [-0.39, 0.29) is 5.97 Å². The van der Waals surface area contributed by atoms with Crippen LogP contribution in [0, 0.1) is 12.8 Å². The van der Waals surface area contributed by atoms with E-state index in [9.17, 15) is 4.79 Å². The molecule has 0 saturated carbocycles. The van der Waals surface area contributed by atoms with Gasteiger partial charge in [-0.3, -0.25) is 4.79 Å². The largest absolute Gasteiger partial charge is 0.469 e. The van der Waals surface area contributed by atoms with Gasteiger partial charge in [-0.15, -0.1) is 0 Å². The molecule has 0 aromatic heterocycles. The standard InChI is InChI=1S/C11H12O2/c1-9(11(12)13-2)8-10-6-4-3-5-7-10/h1,3-7,9H,8H2,2H3. The predicted octanol–water partition coefficient (Wildman–Crippen LogP) is 1.73. The summed E-state index contributed by atoms with van der Waals surface area (Å²) in [5, 5.41) is 0. The average Bonchev–Trinajstić information content (AvgIpc) is 2.18. The van der Waals surface area contributed by atoms with E-state index in [2.05, 4.69) is 4.74 Å². The van der Waals surface area contributed by atoms with Gasteiger partial charge < -0.3 is 4.74 Å². The van der Waals surface area contributed by atoms with E-state index in [0.717, 1.165) is 5.56 Å². The normalized spacial score (nSPS) is 12.2. The number of carbonyl (C=O) groups excluding carboxylic acids is 1.